The van der Waals surface area contributed by atoms with Crippen LogP contribution in [0.25, 0.3) is 0 Å². The van der Waals surface area contributed by atoms with Gasteiger partial charge in [-0.2, -0.15) is 5.26 Å². The lowest BCUT2D eigenvalue weighted by Crippen LogP contribution is -2.32. The number of ether oxygens (including phenoxy) is 1. The van der Waals surface area contributed by atoms with Crippen LogP contribution in [0.3, 0.4) is 0 Å². The third-order valence-electron chi connectivity index (χ3n) is 4.10. The largest absolute Gasteiger partial charge is 0.465 e. The van der Waals surface area contributed by atoms with Gasteiger partial charge in [0.2, 0.25) is 0 Å². The van der Waals surface area contributed by atoms with E-state index >= 15 is 0 Å². The molecular weight excluding hydrogens is 324 g/mol. The Labute approximate surface area is 146 Å². The number of nitrogens with one attached hydrogen (secondary N) is 1. The monoisotopic (exact) mass is 346 g/mol. The molecule has 128 valence electrons. The fourth-order valence-corrected chi connectivity index (χ4v) is 2.99. The van der Waals surface area contributed by atoms with Gasteiger partial charge in [-0.1, -0.05) is 18.7 Å². The molecule has 0 amide bonds. The maximum atomic E-state index is 11.8. The van der Waals surface area contributed by atoms with Crippen molar-refractivity contribution in [2.75, 3.05) is 31.4 Å². The Morgan fingerprint density at radius 1 is 1.46 bits per heavy atom. The van der Waals surface area contributed by atoms with E-state index in [0.717, 1.165) is 37.5 Å². The molecule has 0 spiro atoms. The number of rotatable bonds is 3. The van der Waals surface area contributed by atoms with Crippen molar-refractivity contribution in [3.63, 3.8) is 0 Å². The van der Waals surface area contributed by atoms with E-state index < -0.39 is 5.97 Å². The molecule has 1 fully saturated rings. The summed E-state index contributed by atoms with van der Waals surface area (Å²) < 4.78 is 4.80. The Bertz CT molecular complexity index is 661. The number of amidine groups is 1. The van der Waals surface area contributed by atoms with Crippen molar-refractivity contribution >= 4 is 34.3 Å². The molecule has 1 N–H and O–H groups in total. The molecule has 0 unspecified atom stereocenters. The van der Waals surface area contributed by atoms with Gasteiger partial charge < -0.3 is 9.64 Å². The van der Waals surface area contributed by atoms with E-state index in [4.69, 9.17) is 10.00 Å². The van der Waals surface area contributed by atoms with Crippen molar-refractivity contribution in [1.82, 2.24) is 5.32 Å². The smallest absolute Gasteiger partial charge is 0.337 e. The highest BCUT2D eigenvalue weighted by atomic mass is 32.2. The summed E-state index contributed by atoms with van der Waals surface area (Å²) in [5.74, 6) is 0.328. The summed E-state index contributed by atoms with van der Waals surface area (Å²) in [6.07, 6.45) is 5.99. The Kier molecular flexibility index (Phi) is 6.50. The van der Waals surface area contributed by atoms with E-state index in [1.54, 1.807) is 12.1 Å². The number of aliphatic imine (C=N–C) groups is 1. The van der Waals surface area contributed by atoms with Gasteiger partial charge in [0.15, 0.2) is 11.4 Å². The van der Waals surface area contributed by atoms with Gasteiger partial charge in [0.05, 0.1) is 24.0 Å². The van der Waals surface area contributed by atoms with Crippen LogP contribution in [0.1, 0.15) is 30.1 Å². The Balaban J connectivity index is 2.41. The first-order valence-corrected chi connectivity index (χ1v) is 9.06. The van der Waals surface area contributed by atoms with Crippen molar-refractivity contribution in [3.8, 4) is 6.19 Å². The molecule has 24 heavy (non-hydrogen) atoms. The van der Waals surface area contributed by atoms with Crippen molar-refractivity contribution in [2.24, 2.45) is 10.9 Å². The lowest BCUT2D eigenvalue weighted by molar-refractivity contribution is 0.0601. The number of hydrogen-bond acceptors (Lipinski definition) is 6. The third kappa shape index (κ3) is 4.42. The molecule has 0 bridgehead atoms. The average molecular weight is 346 g/mol. The number of methoxy groups -OCH3 is 1. The summed E-state index contributed by atoms with van der Waals surface area (Å²) in [5.41, 5.74) is 2.09. The molecule has 0 saturated carbocycles. The van der Waals surface area contributed by atoms with Crippen molar-refractivity contribution < 1.29 is 9.53 Å². The Morgan fingerprint density at radius 2 is 2.17 bits per heavy atom. The van der Waals surface area contributed by atoms with Crippen molar-refractivity contribution in [1.29, 1.82) is 5.26 Å². The minimum atomic E-state index is -0.399. The lowest BCUT2D eigenvalue weighted by Gasteiger charge is -2.33. The Hall–Kier alpha value is -2.20. The van der Waals surface area contributed by atoms with Crippen LogP contribution in [0.15, 0.2) is 23.2 Å². The number of piperidine rings is 1. The summed E-state index contributed by atoms with van der Waals surface area (Å²) >= 11 is 1.35. The van der Waals surface area contributed by atoms with Crippen LogP contribution in [-0.4, -0.2) is 37.6 Å². The van der Waals surface area contributed by atoms with Crippen LogP contribution in [0, 0.1) is 17.4 Å². The third-order valence-corrected chi connectivity index (χ3v) is 4.68. The first-order valence-electron chi connectivity index (χ1n) is 7.84. The van der Waals surface area contributed by atoms with Gasteiger partial charge in [0, 0.05) is 13.1 Å². The van der Waals surface area contributed by atoms with E-state index in [2.05, 4.69) is 22.1 Å². The van der Waals surface area contributed by atoms with E-state index in [0.29, 0.717) is 16.4 Å². The summed E-state index contributed by atoms with van der Waals surface area (Å²) in [5, 5.41) is 11.9. The maximum absolute atomic E-state index is 11.8. The van der Waals surface area contributed by atoms with Gasteiger partial charge in [0.1, 0.15) is 0 Å². The molecule has 0 radical (unpaired) electrons. The second-order valence-corrected chi connectivity index (χ2v) is 6.52. The van der Waals surface area contributed by atoms with Crippen LogP contribution < -0.4 is 10.2 Å². The van der Waals surface area contributed by atoms with Crippen LogP contribution >= 0.6 is 11.8 Å². The van der Waals surface area contributed by atoms with Crippen LogP contribution in [-0.2, 0) is 4.74 Å². The second kappa shape index (κ2) is 8.60. The van der Waals surface area contributed by atoms with Crippen molar-refractivity contribution in [3.05, 3.63) is 23.8 Å². The number of benzene rings is 1. The SMILES string of the molecule is COC(=O)c1ccc(N2CCC(C)CC2)c(N=C(NC#N)SC)c1. The molecule has 1 aliphatic rings. The molecule has 1 aromatic carbocycles. The van der Waals surface area contributed by atoms with Gasteiger partial charge >= 0.3 is 5.97 Å². The normalized spacial score (nSPS) is 15.8. The van der Waals surface area contributed by atoms with Gasteiger partial charge in [-0.15, -0.1) is 0 Å². The molecule has 0 atom stereocenters. The zero-order valence-corrected chi connectivity index (χ0v) is 15.0. The van der Waals surface area contributed by atoms with E-state index in [-0.39, 0.29) is 0 Å². The summed E-state index contributed by atoms with van der Waals surface area (Å²) in [7, 11) is 1.36. The van der Waals surface area contributed by atoms with E-state index in [1.165, 1.54) is 18.9 Å². The van der Waals surface area contributed by atoms with Crippen LogP contribution in [0.2, 0.25) is 0 Å². The van der Waals surface area contributed by atoms with Gasteiger partial charge in [0.25, 0.3) is 0 Å². The minimum Gasteiger partial charge on any atom is -0.465 e. The first-order chi connectivity index (χ1) is 11.6. The van der Waals surface area contributed by atoms with Crippen LogP contribution in [0.5, 0.6) is 0 Å². The maximum Gasteiger partial charge on any atom is 0.337 e. The molecule has 0 aromatic heterocycles. The summed E-state index contributed by atoms with van der Waals surface area (Å²) in [4.78, 5) is 18.6. The first kappa shape index (κ1) is 18.1. The standard InChI is InChI=1S/C17H22N4O2S/c1-12-6-8-21(9-7-12)15-5-4-13(16(22)23-2)10-14(15)20-17(24-3)19-11-18/h4-5,10,12H,6-9H2,1-3H3,(H,19,20). The second-order valence-electron chi connectivity index (χ2n) is 5.72. The number of carbonyl (C=O) groups is 1. The zero-order chi connectivity index (χ0) is 17.5. The lowest BCUT2D eigenvalue weighted by atomic mass is 9.98. The average Bonchev–Trinajstić information content (AvgIpc) is 2.61. The fraction of sp³-hybridized carbons (Fsp3) is 0.471. The highest BCUT2D eigenvalue weighted by molar-refractivity contribution is 8.13. The predicted molar refractivity (Wildman–Crippen MR) is 97.8 cm³/mol. The van der Waals surface area contributed by atoms with Crippen LogP contribution in [0.4, 0.5) is 11.4 Å². The highest BCUT2D eigenvalue weighted by Gasteiger charge is 2.20. The molecule has 0 aliphatic carbocycles. The fourth-order valence-electron chi connectivity index (χ4n) is 2.66. The number of anilines is 1. The summed E-state index contributed by atoms with van der Waals surface area (Å²) in [6.45, 7) is 4.18. The quantitative estimate of drug-likeness (QED) is 0.298. The molecule has 1 aromatic rings. The minimum absolute atomic E-state index is 0.399. The Morgan fingerprint density at radius 3 is 2.75 bits per heavy atom. The molecular formula is C17H22N4O2S. The molecule has 1 heterocycles. The van der Waals surface area contributed by atoms with Gasteiger partial charge in [-0.3, -0.25) is 5.32 Å². The number of thioether (sulfide) groups is 1. The highest BCUT2D eigenvalue weighted by Crippen LogP contribution is 2.33. The molecule has 1 saturated heterocycles. The number of esters is 1. The number of nitriles is 1. The molecule has 6 nitrogen and oxygen atoms in total. The number of nitrogens with zero attached hydrogens (tertiary/aromatic N) is 3. The topological polar surface area (TPSA) is 77.7 Å². The number of hydrogen-bond donors (Lipinski definition) is 1. The predicted octanol–water partition coefficient (Wildman–Crippen LogP) is 3.13. The zero-order valence-electron chi connectivity index (χ0n) is 14.2. The molecule has 1 aliphatic heterocycles. The van der Waals surface area contributed by atoms with E-state index in [9.17, 15) is 4.79 Å². The molecule has 2 rings (SSSR count). The van der Waals surface area contributed by atoms with Gasteiger partial charge in [-0.05, 0) is 43.2 Å². The molecule has 7 heteroatoms. The summed E-state index contributed by atoms with van der Waals surface area (Å²) in [6, 6.07) is 5.38. The van der Waals surface area contributed by atoms with Gasteiger partial charge in [-0.25, -0.2) is 9.79 Å². The number of carbonyl (C=O) groups excluding carboxylic acids is 1. The van der Waals surface area contributed by atoms with E-state index in [1.807, 2.05) is 18.5 Å². The van der Waals surface area contributed by atoms with Crippen molar-refractivity contribution in [2.45, 2.75) is 19.8 Å².